The van der Waals surface area contributed by atoms with Crippen molar-refractivity contribution in [3.8, 4) is 11.5 Å². The van der Waals surface area contributed by atoms with Crippen LogP contribution < -0.4 is 10.2 Å². The Balaban J connectivity index is 1.29. The molecule has 0 radical (unpaired) electrons. The van der Waals surface area contributed by atoms with Crippen molar-refractivity contribution < 1.29 is 9.21 Å². The molecular weight excluding hydrogens is 350 g/mol. The summed E-state index contributed by atoms with van der Waals surface area (Å²) in [6, 6.07) is 20.2. The third-order valence-corrected chi connectivity index (χ3v) is 5.24. The minimum Gasteiger partial charge on any atom is -0.441 e. The first kappa shape index (κ1) is 18.3. The first-order chi connectivity index (χ1) is 13.7. The third kappa shape index (κ3) is 4.25. The van der Waals surface area contributed by atoms with Gasteiger partial charge in [0.1, 0.15) is 5.76 Å². The standard InChI is InChI=1S/C23H25N3O2/c1-17-21(25-23(28-17)19-8-4-2-5-9-19)14-22(27)24-15-18-12-13-26(16-18)20-10-6-3-7-11-20/h2-11,18H,12-16H2,1H3,(H,24,27)/t18-/m1/s1. The third-order valence-electron chi connectivity index (χ3n) is 5.24. The number of carbonyl (C=O) groups excluding carboxylic acids is 1. The fourth-order valence-corrected chi connectivity index (χ4v) is 3.64. The maximum Gasteiger partial charge on any atom is 0.226 e. The minimum atomic E-state index is -0.00540. The molecule has 2 heterocycles. The molecule has 1 atom stereocenters. The van der Waals surface area contributed by atoms with E-state index < -0.39 is 0 Å². The SMILES string of the molecule is Cc1oc(-c2ccccc2)nc1CC(=O)NC[C@H]1CCN(c2ccccc2)C1. The number of benzene rings is 2. The zero-order valence-corrected chi connectivity index (χ0v) is 16.1. The summed E-state index contributed by atoms with van der Waals surface area (Å²) in [4.78, 5) is 19.3. The van der Waals surface area contributed by atoms with Crippen LogP contribution in [0.15, 0.2) is 65.1 Å². The number of amides is 1. The van der Waals surface area contributed by atoms with Crippen molar-refractivity contribution in [1.82, 2.24) is 10.3 Å². The van der Waals surface area contributed by atoms with Crippen molar-refractivity contribution in [3.63, 3.8) is 0 Å². The number of oxazole rings is 1. The number of rotatable bonds is 6. The number of hydrogen-bond donors (Lipinski definition) is 1. The zero-order chi connectivity index (χ0) is 19.3. The van der Waals surface area contributed by atoms with Gasteiger partial charge in [0.2, 0.25) is 11.8 Å². The Bertz CT molecular complexity index is 922. The Hall–Kier alpha value is -3.08. The lowest BCUT2D eigenvalue weighted by molar-refractivity contribution is -0.120. The summed E-state index contributed by atoms with van der Waals surface area (Å²) in [5, 5.41) is 3.07. The smallest absolute Gasteiger partial charge is 0.226 e. The average molecular weight is 375 g/mol. The monoisotopic (exact) mass is 375 g/mol. The van der Waals surface area contributed by atoms with Gasteiger partial charge in [-0.1, -0.05) is 36.4 Å². The van der Waals surface area contributed by atoms with Crippen molar-refractivity contribution in [3.05, 3.63) is 72.1 Å². The number of carbonyl (C=O) groups is 1. The van der Waals surface area contributed by atoms with E-state index in [-0.39, 0.29) is 12.3 Å². The van der Waals surface area contributed by atoms with E-state index in [1.54, 1.807) is 0 Å². The molecule has 0 aliphatic carbocycles. The summed E-state index contributed by atoms with van der Waals surface area (Å²) < 4.78 is 5.74. The number of hydrogen-bond acceptors (Lipinski definition) is 4. The average Bonchev–Trinajstić information content (AvgIpc) is 3.35. The van der Waals surface area contributed by atoms with Crippen LogP contribution in [-0.4, -0.2) is 30.5 Å². The highest BCUT2D eigenvalue weighted by Gasteiger charge is 2.23. The Kier molecular flexibility index (Phi) is 5.42. The van der Waals surface area contributed by atoms with E-state index >= 15 is 0 Å². The highest BCUT2D eigenvalue weighted by atomic mass is 16.4. The van der Waals surface area contributed by atoms with Crippen molar-refractivity contribution in [1.29, 1.82) is 0 Å². The highest BCUT2D eigenvalue weighted by molar-refractivity contribution is 5.78. The van der Waals surface area contributed by atoms with Crippen molar-refractivity contribution in [2.75, 3.05) is 24.5 Å². The van der Waals surface area contributed by atoms with Gasteiger partial charge in [0.15, 0.2) is 0 Å². The minimum absolute atomic E-state index is 0.00540. The topological polar surface area (TPSA) is 58.4 Å². The molecule has 4 rings (SSSR count). The summed E-state index contributed by atoms with van der Waals surface area (Å²) >= 11 is 0. The highest BCUT2D eigenvalue weighted by Crippen LogP contribution is 2.23. The van der Waals surface area contributed by atoms with Gasteiger partial charge in [-0.3, -0.25) is 4.79 Å². The van der Waals surface area contributed by atoms with Crippen LogP contribution in [0.3, 0.4) is 0 Å². The second-order valence-electron chi connectivity index (χ2n) is 7.31. The number of aryl methyl sites for hydroxylation is 1. The zero-order valence-electron chi connectivity index (χ0n) is 16.1. The van der Waals surface area contributed by atoms with Crippen LogP contribution in [0.4, 0.5) is 5.69 Å². The quantitative estimate of drug-likeness (QED) is 0.711. The van der Waals surface area contributed by atoms with Crippen LogP contribution in [0.1, 0.15) is 17.9 Å². The van der Waals surface area contributed by atoms with E-state index in [4.69, 9.17) is 4.42 Å². The maximum atomic E-state index is 12.4. The summed E-state index contributed by atoms with van der Waals surface area (Å²) in [7, 11) is 0. The molecule has 5 nitrogen and oxygen atoms in total. The van der Waals surface area contributed by atoms with E-state index in [1.165, 1.54) is 5.69 Å². The van der Waals surface area contributed by atoms with E-state index in [9.17, 15) is 4.79 Å². The van der Waals surface area contributed by atoms with Gasteiger partial charge in [-0.05, 0) is 43.5 Å². The van der Waals surface area contributed by atoms with Gasteiger partial charge >= 0.3 is 0 Å². The molecular formula is C23H25N3O2. The number of nitrogens with one attached hydrogen (secondary N) is 1. The molecule has 1 aliphatic heterocycles. The van der Waals surface area contributed by atoms with Crippen LogP contribution in [0.2, 0.25) is 0 Å². The Morgan fingerprint density at radius 2 is 1.86 bits per heavy atom. The van der Waals surface area contributed by atoms with Gasteiger partial charge in [0, 0.05) is 30.9 Å². The molecule has 0 unspecified atom stereocenters. The van der Waals surface area contributed by atoms with Crippen LogP contribution >= 0.6 is 0 Å². The Morgan fingerprint density at radius 1 is 1.14 bits per heavy atom. The number of aromatic nitrogens is 1. The largest absolute Gasteiger partial charge is 0.441 e. The molecule has 0 spiro atoms. The lowest BCUT2D eigenvalue weighted by atomic mass is 10.1. The molecule has 1 fully saturated rings. The molecule has 144 valence electrons. The molecule has 28 heavy (non-hydrogen) atoms. The molecule has 1 saturated heterocycles. The van der Waals surface area contributed by atoms with Crippen molar-refractivity contribution in [2.24, 2.45) is 5.92 Å². The lowest BCUT2D eigenvalue weighted by Gasteiger charge is -2.18. The summed E-state index contributed by atoms with van der Waals surface area (Å²) in [6.45, 7) is 4.57. The van der Waals surface area contributed by atoms with Gasteiger partial charge in [-0.2, -0.15) is 0 Å². The molecule has 1 N–H and O–H groups in total. The first-order valence-electron chi connectivity index (χ1n) is 9.77. The van der Waals surface area contributed by atoms with E-state index in [0.717, 1.165) is 25.1 Å². The normalized spacial score (nSPS) is 16.3. The molecule has 1 amide bonds. The molecule has 2 aromatic carbocycles. The van der Waals surface area contributed by atoms with E-state index in [0.29, 0.717) is 29.8 Å². The lowest BCUT2D eigenvalue weighted by Crippen LogP contribution is -2.32. The molecule has 5 heteroatoms. The molecule has 1 aromatic heterocycles. The fourth-order valence-electron chi connectivity index (χ4n) is 3.64. The van der Waals surface area contributed by atoms with Crippen molar-refractivity contribution in [2.45, 2.75) is 19.8 Å². The molecule has 1 aliphatic rings. The molecule has 0 bridgehead atoms. The molecule has 0 saturated carbocycles. The predicted octanol–water partition coefficient (Wildman–Crippen LogP) is 3.84. The maximum absolute atomic E-state index is 12.4. The van der Waals surface area contributed by atoms with Crippen LogP contribution in [0, 0.1) is 12.8 Å². The number of nitrogens with zero attached hydrogens (tertiary/aromatic N) is 2. The van der Waals surface area contributed by atoms with Gasteiger partial charge in [-0.25, -0.2) is 4.98 Å². The number of para-hydroxylation sites is 1. The van der Waals surface area contributed by atoms with Crippen LogP contribution in [-0.2, 0) is 11.2 Å². The van der Waals surface area contributed by atoms with Gasteiger partial charge in [0.25, 0.3) is 0 Å². The van der Waals surface area contributed by atoms with Crippen LogP contribution in [0.25, 0.3) is 11.5 Å². The first-order valence-corrected chi connectivity index (χ1v) is 9.77. The van der Waals surface area contributed by atoms with Gasteiger partial charge in [0.05, 0.1) is 12.1 Å². The van der Waals surface area contributed by atoms with E-state index in [1.807, 2.05) is 43.3 Å². The van der Waals surface area contributed by atoms with Gasteiger partial charge in [-0.15, -0.1) is 0 Å². The summed E-state index contributed by atoms with van der Waals surface area (Å²) in [5.74, 6) is 1.73. The molecule has 3 aromatic rings. The van der Waals surface area contributed by atoms with Crippen molar-refractivity contribution >= 4 is 11.6 Å². The predicted molar refractivity (Wildman–Crippen MR) is 110 cm³/mol. The second kappa shape index (κ2) is 8.30. The second-order valence-corrected chi connectivity index (χ2v) is 7.31. The van der Waals surface area contributed by atoms with Crippen LogP contribution in [0.5, 0.6) is 0 Å². The summed E-state index contributed by atoms with van der Waals surface area (Å²) in [5.41, 5.74) is 2.88. The number of anilines is 1. The Labute approximate surface area is 165 Å². The van der Waals surface area contributed by atoms with E-state index in [2.05, 4.69) is 39.5 Å². The fraction of sp³-hybridized carbons (Fsp3) is 0.304. The Morgan fingerprint density at radius 3 is 2.61 bits per heavy atom. The summed E-state index contributed by atoms with van der Waals surface area (Å²) in [6.07, 6.45) is 1.34. The van der Waals surface area contributed by atoms with Gasteiger partial charge < -0.3 is 14.6 Å².